The summed E-state index contributed by atoms with van der Waals surface area (Å²) in [4.78, 5) is 42.7. The molecule has 0 aliphatic rings. The number of carbonyl (C=O) groups excluding carboxylic acids is 1. The minimum atomic E-state index is -0.777. The van der Waals surface area contributed by atoms with Crippen LogP contribution in [0.1, 0.15) is 18.1 Å². The SMILES string of the molecule is CCN(C(=O)Cn1nnc(-c2ccc(F)c(C)c2)n1)c1c(N)n(Cc2ccccc2)c(=O)[nH]c1=O. The lowest BCUT2D eigenvalue weighted by Crippen LogP contribution is -2.42. The van der Waals surface area contributed by atoms with Gasteiger partial charge in [0.1, 0.15) is 18.2 Å². The van der Waals surface area contributed by atoms with Gasteiger partial charge in [-0.3, -0.25) is 19.1 Å². The van der Waals surface area contributed by atoms with Crippen molar-refractivity contribution in [3.63, 3.8) is 0 Å². The van der Waals surface area contributed by atoms with Gasteiger partial charge in [0.05, 0.1) is 6.54 Å². The number of nitrogen functional groups attached to an aromatic ring is 1. The smallest absolute Gasteiger partial charge is 0.330 e. The van der Waals surface area contributed by atoms with Gasteiger partial charge in [0.15, 0.2) is 5.69 Å². The van der Waals surface area contributed by atoms with Crippen molar-refractivity contribution >= 4 is 17.4 Å². The van der Waals surface area contributed by atoms with Crippen LogP contribution in [0.5, 0.6) is 0 Å². The minimum Gasteiger partial charge on any atom is -0.383 e. The molecule has 0 saturated carbocycles. The molecule has 0 atom stereocenters. The number of benzene rings is 2. The Hall–Kier alpha value is -4.61. The lowest BCUT2D eigenvalue weighted by atomic mass is 10.1. The van der Waals surface area contributed by atoms with Crippen molar-refractivity contribution in [2.75, 3.05) is 17.2 Å². The molecule has 0 aliphatic heterocycles. The monoisotopic (exact) mass is 478 g/mol. The third-order valence-corrected chi connectivity index (χ3v) is 5.43. The van der Waals surface area contributed by atoms with E-state index in [4.69, 9.17) is 5.73 Å². The van der Waals surface area contributed by atoms with Gasteiger partial charge in [0.2, 0.25) is 5.82 Å². The second-order valence-electron chi connectivity index (χ2n) is 7.81. The number of hydrogen-bond acceptors (Lipinski definition) is 7. The molecule has 2 heterocycles. The van der Waals surface area contributed by atoms with Crippen molar-refractivity contribution in [2.45, 2.75) is 26.9 Å². The van der Waals surface area contributed by atoms with E-state index in [2.05, 4.69) is 20.4 Å². The summed E-state index contributed by atoms with van der Waals surface area (Å²) in [5, 5.41) is 12.0. The number of likely N-dealkylation sites (N-methyl/N-ethyl adjacent to an activating group) is 1. The molecule has 1 amide bonds. The molecular formula is C23H23FN8O3. The lowest BCUT2D eigenvalue weighted by molar-refractivity contribution is -0.119. The number of anilines is 2. The van der Waals surface area contributed by atoms with Gasteiger partial charge < -0.3 is 10.6 Å². The molecule has 0 spiro atoms. The van der Waals surface area contributed by atoms with E-state index in [9.17, 15) is 18.8 Å². The number of nitrogens with zero attached hydrogens (tertiary/aromatic N) is 6. The molecule has 0 bridgehead atoms. The molecule has 0 aliphatic carbocycles. The lowest BCUT2D eigenvalue weighted by Gasteiger charge is -2.22. The number of carbonyl (C=O) groups is 1. The second kappa shape index (κ2) is 9.71. The Balaban J connectivity index is 1.61. The van der Waals surface area contributed by atoms with Gasteiger partial charge in [0.25, 0.3) is 11.5 Å². The number of halogens is 1. The summed E-state index contributed by atoms with van der Waals surface area (Å²) in [6.07, 6.45) is 0. The zero-order chi connectivity index (χ0) is 25.1. The Bertz CT molecular complexity index is 1490. The van der Waals surface area contributed by atoms with Crippen molar-refractivity contribution in [1.82, 2.24) is 29.8 Å². The van der Waals surface area contributed by atoms with Crippen LogP contribution in [-0.4, -0.2) is 42.2 Å². The van der Waals surface area contributed by atoms with Crippen molar-refractivity contribution < 1.29 is 9.18 Å². The highest BCUT2D eigenvalue weighted by Crippen LogP contribution is 2.19. The highest BCUT2D eigenvalue weighted by molar-refractivity contribution is 5.95. The molecule has 2 aromatic heterocycles. The van der Waals surface area contributed by atoms with Crippen LogP contribution in [0, 0.1) is 12.7 Å². The van der Waals surface area contributed by atoms with Crippen LogP contribution in [0.25, 0.3) is 11.4 Å². The van der Waals surface area contributed by atoms with Crippen molar-refractivity contribution in [2.24, 2.45) is 0 Å². The van der Waals surface area contributed by atoms with E-state index in [1.807, 2.05) is 30.3 Å². The van der Waals surface area contributed by atoms with Gasteiger partial charge in [0, 0.05) is 12.1 Å². The number of amides is 1. The summed E-state index contributed by atoms with van der Waals surface area (Å²) in [6, 6.07) is 13.5. The molecule has 0 unspecified atom stereocenters. The Labute approximate surface area is 198 Å². The summed E-state index contributed by atoms with van der Waals surface area (Å²) in [6.45, 7) is 3.17. The standard InChI is InChI=1S/C23H23FN8O3/c1-3-30(18(33)13-32-28-21(27-29-32)16-9-10-17(24)14(2)11-16)19-20(25)31(23(35)26-22(19)34)12-15-7-5-4-6-8-15/h4-11H,3,12-13,25H2,1-2H3,(H,26,34,35). The van der Waals surface area contributed by atoms with Gasteiger partial charge in [-0.15, -0.1) is 10.2 Å². The van der Waals surface area contributed by atoms with E-state index in [0.717, 1.165) is 10.4 Å². The molecule has 0 fully saturated rings. The molecular weight excluding hydrogens is 455 g/mol. The average Bonchev–Trinajstić information content (AvgIpc) is 3.30. The zero-order valence-corrected chi connectivity index (χ0v) is 19.1. The first kappa shape index (κ1) is 23.5. The van der Waals surface area contributed by atoms with Crippen LogP contribution in [0.15, 0.2) is 58.1 Å². The number of H-pyrrole nitrogens is 1. The highest BCUT2D eigenvalue weighted by Gasteiger charge is 2.24. The Morgan fingerprint density at radius 1 is 1.17 bits per heavy atom. The Kier molecular flexibility index (Phi) is 6.53. The molecule has 4 rings (SSSR count). The van der Waals surface area contributed by atoms with Crippen LogP contribution in [0.3, 0.4) is 0 Å². The van der Waals surface area contributed by atoms with Crippen LogP contribution in [0.2, 0.25) is 0 Å². The first-order valence-electron chi connectivity index (χ1n) is 10.8. The van der Waals surface area contributed by atoms with E-state index in [0.29, 0.717) is 11.1 Å². The Morgan fingerprint density at radius 3 is 2.60 bits per heavy atom. The fourth-order valence-electron chi connectivity index (χ4n) is 3.64. The molecule has 35 heavy (non-hydrogen) atoms. The van der Waals surface area contributed by atoms with Gasteiger partial charge in [-0.1, -0.05) is 30.3 Å². The number of nitrogens with two attached hydrogens (primary N) is 1. The predicted molar refractivity (Wildman–Crippen MR) is 127 cm³/mol. The molecule has 3 N–H and O–H groups in total. The van der Waals surface area contributed by atoms with Gasteiger partial charge in [-0.25, -0.2) is 9.18 Å². The first-order valence-corrected chi connectivity index (χ1v) is 10.8. The number of hydrogen-bond donors (Lipinski definition) is 2. The molecule has 4 aromatic rings. The van der Waals surface area contributed by atoms with Gasteiger partial charge >= 0.3 is 5.69 Å². The fourth-order valence-corrected chi connectivity index (χ4v) is 3.64. The minimum absolute atomic E-state index is 0.106. The quantitative estimate of drug-likeness (QED) is 0.407. The maximum Gasteiger partial charge on any atom is 0.330 e. The topological polar surface area (TPSA) is 145 Å². The highest BCUT2D eigenvalue weighted by atomic mass is 19.1. The predicted octanol–water partition coefficient (Wildman–Crippen LogP) is 1.32. The summed E-state index contributed by atoms with van der Waals surface area (Å²) in [7, 11) is 0. The number of aromatic amines is 1. The van der Waals surface area contributed by atoms with Gasteiger partial charge in [-0.2, -0.15) is 4.80 Å². The van der Waals surface area contributed by atoms with E-state index in [-0.39, 0.29) is 42.8 Å². The summed E-state index contributed by atoms with van der Waals surface area (Å²) in [5.41, 5.74) is 6.39. The van der Waals surface area contributed by atoms with E-state index in [1.165, 1.54) is 21.6 Å². The number of rotatable bonds is 7. The van der Waals surface area contributed by atoms with Crippen LogP contribution >= 0.6 is 0 Å². The summed E-state index contributed by atoms with van der Waals surface area (Å²) < 4.78 is 14.7. The number of nitrogens with one attached hydrogen (secondary N) is 1. The van der Waals surface area contributed by atoms with Crippen molar-refractivity contribution in [3.8, 4) is 11.4 Å². The summed E-state index contributed by atoms with van der Waals surface area (Å²) in [5.74, 6) is -0.801. The maximum absolute atomic E-state index is 13.5. The second-order valence-corrected chi connectivity index (χ2v) is 7.81. The van der Waals surface area contributed by atoms with E-state index >= 15 is 0 Å². The van der Waals surface area contributed by atoms with Crippen LogP contribution in [-0.2, 0) is 17.9 Å². The molecule has 0 saturated heterocycles. The van der Waals surface area contributed by atoms with Crippen LogP contribution < -0.4 is 21.9 Å². The van der Waals surface area contributed by atoms with Crippen molar-refractivity contribution in [3.05, 3.63) is 86.3 Å². The maximum atomic E-state index is 13.5. The summed E-state index contributed by atoms with van der Waals surface area (Å²) >= 11 is 0. The normalized spacial score (nSPS) is 10.9. The number of aromatic nitrogens is 6. The third-order valence-electron chi connectivity index (χ3n) is 5.43. The van der Waals surface area contributed by atoms with Crippen molar-refractivity contribution in [1.29, 1.82) is 0 Å². The number of aryl methyl sites for hydroxylation is 1. The van der Waals surface area contributed by atoms with E-state index in [1.54, 1.807) is 19.9 Å². The molecule has 2 aromatic carbocycles. The average molecular weight is 478 g/mol. The largest absolute Gasteiger partial charge is 0.383 e. The fraction of sp³-hybridized carbons (Fsp3) is 0.217. The Morgan fingerprint density at radius 2 is 1.91 bits per heavy atom. The first-order chi connectivity index (χ1) is 16.8. The molecule has 12 heteroatoms. The molecule has 11 nitrogen and oxygen atoms in total. The van der Waals surface area contributed by atoms with E-state index < -0.39 is 17.2 Å². The van der Waals surface area contributed by atoms with Gasteiger partial charge in [-0.05, 0) is 48.4 Å². The number of tetrazole rings is 1. The molecule has 0 radical (unpaired) electrons. The molecule has 180 valence electrons. The van der Waals surface area contributed by atoms with Crippen LogP contribution in [0.4, 0.5) is 15.9 Å². The third kappa shape index (κ3) is 4.86. The zero-order valence-electron chi connectivity index (χ0n) is 19.1.